The van der Waals surface area contributed by atoms with Gasteiger partial charge >= 0.3 is 5.97 Å². The Balaban J connectivity index is 1.14. The number of aliphatic hydroxyl groups excluding tert-OH is 1. The molecule has 9 rings (SSSR count). The van der Waals surface area contributed by atoms with E-state index in [1.54, 1.807) is 113 Å². The zero-order valence-corrected chi connectivity index (χ0v) is 77.4. The first-order valence-corrected chi connectivity index (χ1v) is 45.8. The van der Waals surface area contributed by atoms with Crippen LogP contribution in [0.3, 0.4) is 0 Å². The fourth-order valence-electron chi connectivity index (χ4n) is 16.5. The highest BCUT2D eigenvalue weighted by molar-refractivity contribution is 8.00. The highest BCUT2D eigenvalue weighted by Crippen LogP contribution is 2.29. The van der Waals surface area contributed by atoms with Crippen molar-refractivity contribution in [3.8, 4) is 5.75 Å². The molecule has 37 nitrogen and oxygen atoms in total. The number of unbranched alkanes of at least 4 members (excludes halogenated alkanes) is 1. The van der Waals surface area contributed by atoms with Crippen molar-refractivity contribution < 1.29 is 115 Å². The molecule has 3 fully saturated rings. The van der Waals surface area contributed by atoms with Crippen molar-refractivity contribution in [2.45, 2.75) is 216 Å². The minimum atomic E-state index is -1.90. The Bertz CT molecular complexity index is 5250. The summed E-state index contributed by atoms with van der Waals surface area (Å²) in [6.45, 7) is 7.62. The van der Waals surface area contributed by atoms with Gasteiger partial charge in [0.2, 0.25) is 88.6 Å². The summed E-state index contributed by atoms with van der Waals surface area (Å²) in [5.74, 6) is -24.6. The van der Waals surface area contributed by atoms with E-state index in [4.69, 9.17) is 10.5 Å². The number of carbonyl (C=O) groups is 17. The van der Waals surface area contributed by atoms with Crippen LogP contribution >= 0.6 is 11.8 Å². The Morgan fingerprint density at radius 1 is 0.585 bits per heavy atom. The van der Waals surface area contributed by atoms with Crippen molar-refractivity contribution in [1.29, 1.82) is 0 Å². The van der Waals surface area contributed by atoms with Gasteiger partial charge in [-0.3, -0.25) is 81.5 Å². The number of nitrogens with one attached hydrogen (secondary N) is 10. The molecule has 5 aromatic carbocycles. The van der Waals surface area contributed by atoms with Crippen LogP contribution in [0.5, 0.6) is 5.75 Å². The van der Waals surface area contributed by atoms with Gasteiger partial charge in [-0.1, -0.05) is 138 Å². The van der Waals surface area contributed by atoms with E-state index >= 15 is 56.7 Å². The molecule has 3 aliphatic rings. The minimum absolute atomic E-state index is 0.0360. The molecule has 15 N–H and O–H groups in total. The molecule has 14 atom stereocenters. The van der Waals surface area contributed by atoms with Gasteiger partial charge in [0.05, 0.1) is 18.4 Å². The Labute approximate surface area is 782 Å². The normalized spacial score (nSPS) is 23.9. The van der Waals surface area contributed by atoms with Gasteiger partial charge in [-0.25, -0.2) is 13.2 Å². The number of primary amides is 1. The maximum atomic E-state index is 15.7. The summed E-state index contributed by atoms with van der Waals surface area (Å²) < 4.78 is 50.2. The molecule has 0 bridgehead atoms. The number of nitrogens with zero attached hydrogens (tertiary/aromatic N) is 5. The van der Waals surface area contributed by atoms with E-state index in [9.17, 15) is 53.3 Å². The maximum Gasteiger partial charge on any atom is 0.303 e. The standard InChI is InChI=1S/C94H119F3N16O21S/c1-10-11-22-73-93(132)113-46-60(116)43-75(113)89(128)106-70(47-134-50-114)86(125)108-81(52(4)5)94(133)110(8)74(40-56-26-24-53(6)25-27-56)88(127)102-65(32-33-79(119)120)91(130)112-34-17-23-72(112)87(126)105-68(42-58-44-99-64-21-16-15-20-61(58)64)85(124)104-67(38-55-28-30-59(115)31-29-55)84(123)103-66(35-51(2)3)83(122)107-71(82(121)100-45-77(98)117)48-135-49-78(118)101-69(39-57-36-62(95)80(97)63(96)37-57)90(129)111(9)76(92(131)109(73)7)41-54-18-13-12-14-19-54/h12-16,18-21,24-31,36-37,44,50-52,60,65-76,81,99,115-116H,10-11,17,22-23,32-35,38-43,45-49H2,1-9H3,(H2,98,117)(H,100,121)(H,101,118)(H,102,127)(H,103,123)(H,104,124)(H,105,126)(H,106,128)(H,107,122)(H,108,125)(H,119,120)/t60-,65-,66-,67-,68-,69-,70-,71-,72+,73-,74-,75+,76-,81-/m0/s1. The third-order valence-corrected chi connectivity index (χ3v) is 25.0. The number of H-pyrrole nitrogens is 1. The van der Waals surface area contributed by atoms with E-state index in [1.807, 2.05) is 0 Å². The van der Waals surface area contributed by atoms with Crippen molar-refractivity contribution >= 4 is 124 Å². The van der Waals surface area contributed by atoms with E-state index < -0.39 is 265 Å². The number of aliphatic hydroxyl groups is 1. The molecule has 0 saturated carbocycles. The molecule has 0 unspecified atom stereocenters. The van der Waals surface area contributed by atoms with E-state index in [1.165, 1.54) is 59.3 Å². The molecular weight excluding hydrogens is 1780 g/mol. The van der Waals surface area contributed by atoms with Gasteiger partial charge in [0, 0.05) is 102 Å². The number of likely N-dealkylation sites (N-methyl/N-ethyl adjacent to an activating group) is 3. The fraction of sp³-hybridized carbons (Fsp3) is 0.479. The second-order valence-corrected chi connectivity index (χ2v) is 36.0. The van der Waals surface area contributed by atoms with Gasteiger partial charge in [-0.2, -0.15) is 0 Å². The van der Waals surface area contributed by atoms with Crippen LogP contribution in [0.15, 0.2) is 121 Å². The fourth-order valence-corrected chi connectivity index (χ4v) is 17.4. The number of aryl methyl sites for hydroxylation is 1. The lowest BCUT2D eigenvalue weighted by atomic mass is 9.98. The zero-order chi connectivity index (χ0) is 98.8. The van der Waals surface area contributed by atoms with E-state index in [-0.39, 0.29) is 82.1 Å². The molecular formula is C94H119F3N16O21S. The van der Waals surface area contributed by atoms with Crippen molar-refractivity contribution in [3.05, 3.63) is 172 Å². The molecule has 4 heterocycles. The number of nitrogens with two attached hydrogens (primary N) is 1. The Hall–Kier alpha value is -13.5. The van der Waals surface area contributed by atoms with Crippen LogP contribution < -0.4 is 53.6 Å². The summed E-state index contributed by atoms with van der Waals surface area (Å²) in [6.07, 6.45) is -3.23. The van der Waals surface area contributed by atoms with Crippen LogP contribution in [-0.4, -0.2) is 289 Å². The number of halogens is 3. The second-order valence-electron chi connectivity index (χ2n) is 34.9. The van der Waals surface area contributed by atoms with Crippen molar-refractivity contribution in [1.82, 2.24) is 77.3 Å². The van der Waals surface area contributed by atoms with E-state index in [0.717, 1.165) is 30.1 Å². The molecule has 3 aliphatic heterocycles. The number of hydrogen-bond acceptors (Lipinski definition) is 21. The first kappa shape index (κ1) is 105. The summed E-state index contributed by atoms with van der Waals surface area (Å²) in [4.78, 5) is 258. The number of carboxylic acid groups (broad SMARTS) is 1. The number of rotatable bonds is 25. The van der Waals surface area contributed by atoms with Gasteiger partial charge in [0.1, 0.15) is 90.9 Å². The SMILES string of the molecule is CCCC[C@H]1C(=O)N2C[C@@H](O)C[C@@H]2C(=O)N[C@@H](COC=O)C(=O)N[C@@H](C(C)C)C(=O)N(C)[C@@H](Cc2ccc(C)cc2)C(=O)N[C@@H](CCC(=O)O)C(=O)N2CCC[C@@H]2C(=O)N[C@@H](Cc2c[nH]c3ccccc23)C(=O)N[C@@H](Cc2ccc(O)cc2)C(=O)N[C@@H](CC(C)C)C(=O)N[C@H](C(=O)NCC(N)=O)CSCC(=O)N[C@@H](Cc2cc(F)c(F)c(F)c2)C(=O)N(C)[C@@H](Cc2ccccc2)C(=O)N1C. The Morgan fingerprint density at radius 3 is 1.79 bits per heavy atom. The third kappa shape index (κ3) is 29.3. The third-order valence-electron chi connectivity index (χ3n) is 23.9. The number of aromatic hydroxyl groups is 1. The molecule has 0 aliphatic carbocycles. The van der Waals surface area contributed by atoms with Crippen LogP contribution in [0.1, 0.15) is 126 Å². The van der Waals surface area contributed by atoms with Crippen LogP contribution in [0.25, 0.3) is 10.9 Å². The zero-order valence-electron chi connectivity index (χ0n) is 76.5. The lowest BCUT2D eigenvalue weighted by Crippen LogP contribution is -2.62. The van der Waals surface area contributed by atoms with Crippen LogP contribution in [0.2, 0.25) is 0 Å². The smallest absolute Gasteiger partial charge is 0.303 e. The van der Waals surface area contributed by atoms with Crippen LogP contribution in [-0.2, 0) is 118 Å². The number of aromatic amines is 1. The summed E-state index contributed by atoms with van der Waals surface area (Å²) in [6, 6.07) is 6.96. The molecule has 728 valence electrons. The van der Waals surface area contributed by atoms with Gasteiger partial charge < -0.3 is 103 Å². The van der Waals surface area contributed by atoms with E-state index in [0.29, 0.717) is 63.5 Å². The second kappa shape index (κ2) is 49.5. The number of para-hydroxylation sites is 1. The van der Waals surface area contributed by atoms with E-state index in [2.05, 4.69) is 52.8 Å². The monoisotopic (exact) mass is 1900 g/mol. The Kier molecular flexibility index (Phi) is 38.6. The highest BCUT2D eigenvalue weighted by atomic mass is 32.2. The molecule has 41 heteroatoms. The molecule has 15 amide bonds. The number of carboxylic acids is 1. The lowest BCUT2D eigenvalue weighted by Gasteiger charge is -2.38. The summed E-state index contributed by atoms with van der Waals surface area (Å²) >= 11 is 0.658. The molecule has 1 aromatic heterocycles. The number of aromatic nitrogens is 1. The van der Waals surface area contributed by atoms with Gasteiger partial charge in [0.25, 0.3) is 6.47 Å². The Morgan fingerprint density at radius 2 is 1.15 bits per heavy atom. The molecule has 3 saturated heterocycles. The largest absolute Gasteiger partial charge is 0.508 e. The predicted octanol–water partition coefficient (Wildman–Crippen LogP) is 1.70. The number of carbonyl (C=O) groups excluding carboxylic acids is 16. The number of fused-ring (bicyclic) bond motifs is 3. The average molecular weight is 1900 g/mol. The topological polar surface area (TPSA) is 526 Å². The number of ether oxygens (including phenoxy) is 1. The van der Waals surface area contributed by atoms with Crippen LogP contribution in [0, 0.1) is 36.2 Å². The maximum absolute atomic E-state index is 15.7. The van der Waals surface area contributed by atoms with Crippen LogP contribution in [0.4, 0.5) is 13.2 Å². The number of benzene rings is 5. The molecule has 135 heavy (non-hydrogen) atoms. The first-order chi connectivity index (χ1) is 64.1. The number of amides is 15. The average Bonchev–Trinajstić information content (AvgIpc) is 1.78. The highest BCUT2D eigenvalue weighted by Gasteiger charge is 2.48. The van der Waals surface area contributed by atoms with Gasteiger partial charge in [-0.05, 0) is 109 Å². The lowest BCUT2D eigenvalue weighted by molar-refractivity contribution is -0.152. The summed E-state index contributed by atoms with van der Waals surface area (Å²) in [5, 5.41) is 56.1. The predicted molar refractivity (Wildman–Crippen MR) is 487 cm³/mol. The van der Waals surface area contributed by atoms with Crippen molar-refractivity contribution in [2.75, 3.05) is 58.9 Å². The molecule has 0 spiro atoms. The minimum Gasteiger partial charge on any atom is -0.508 e. The first-order valence-electron chi connectivity index (χ1n) is 44.6. The van der Waals surface area contributed by atoms with Gasteiger partial charge in [-0.15, -0.1) is 11.8 Å². The molecule has 0 radical (unpaired) electrons. The van der Waals surface area contributed by atoms with Crippen molar-refractivity contribution in [2.24, 2.45) is 17.6 Å². The summed E-state index contributed by atoms with van der Waals surface area (Å²) in [5.41, 5.74) is 8.19. The quantitative estimate of drug-likeness (QED) is 0.0286. The number of phenolic OH excluding ortho intramolecular Hbond substituents is 1. The number of aliphatic carboxylic acids is 1. The van der Waals surface area contributed by atoms with Crippen molar-refractivity contribution in [3.63, 3.8) is 0 Å². The summed E-state index contributed by atoms with van der Waals surface area (Å²) in [7, 11) is 3.65. The number of phenols is 1. The number of hydrogen-bond donors (Lipinski definition) is 14. The van der Waals surface area contributed by atoms with Gasteiger partial charge in [0.15, 0.2) is 17.5 Å². The molecule has 6 aromatic rings. The number of thioether (sulfide) groups is 1.